The van der Waals surface area contributed by atoms with Crippen LogP contribution in [0.5, 0.6) is 0 Å². The van der Waals surface area contributed by atoms with Gasteiger partial charge in [0.15, 0.2) is 0 Å². The van der Waals surface area contributed by atoms with Gasteiger partial charge in [0, 0.05) is 33.9 Å². The van der Waals surface area contributed by atoms with Gasteiger partial charge in [0.1, 0.15) is 11.2 Å². The fraction of sp³-hybridized carbons (Fsp3) is 0. The molecule has 0 amide bonds. The molecule has 0 fully saturated rings. The number of furan rings is 1. The predicted molar refractivity (Wildman–Crippen MR) is 178 cm³/mol. The van der Waals surface area contributed by atoms with Gasteiger partial charge in [0.2, 0.25) is 0 Å². The molecule has 0 spiro atoms. The molecule has 0 saturated heterocycles. The summed E-state index contributed by atoms with van der Waals surface area (Å²) in [6, 6.07) is 54.4. The van der Waals surface area contributed by atoms with Gasteiger partial charge in [-0.15, -0.1) is 0 Å². The van der Waals surface area contributed by atoms with Crippen LogP contribution in [0.4, 0.5) is 17.1 Å². The van der Waals surface area contributed by atoms with E-state index in [-0.39, 0.29) is 0 Å². The molecule has 2 nitrogen and oxygen atoms in total. The van der Waals surface area contributed by atoms with Crippen LogP contribution < -0.4 is 4.90 Å². The topological polar surface area (TPSA) is 16.4 Å². The number of hydrogen-bond acceptors (Lipinski definition) is 2. The van der Waals surface area contributed by atoms with E-state index in [1.807, 2.05) is 12.1 Å². The third kappa shape index (κ3) is 3.45. The van der Waals surface area contributed by atoms with Crippen LogP contribution in [0.3, 0.4) is 0 Å². The summed E-state index contributed by atoms with van der Waals surface area (Å²) in [5, 5.41) is 12.5. The van der Waals surface area contributed by atoms with Crippen LogP contribution >= 0.6 is 0 Å². The Morgan fingerprint density at radius 2 is 0.952 bits per heavy atom. The van der Waals surface area contributed by atoms with Gasteiger partial charge in [-0.3, -0.25) is 0 Å². The standard InChI is InChI=1S/C40H25NO/c1-2-9-29(10-3-1)41(31-19-23-36-35-12-6-7-13-38(35)42-39(36)25-31)30-18-22-32-28(24-30)17-21-37-34(32)20-16-27-15-14-26-8-4-5-11-33(26)40(27)37/h1-25H. The normalized spacial score (nSPS) is 11.8. The lowest BCUT2D eigenvalue weighted by atomic mass is 9.93. The van der Waals surface area contributed by atoms with Crippen LogP contribution in [-0.2, 0) is 0 Å². The smallest absolute Gasteiger partial charge is 0.137 e. The van der Waals surface area contributed by atoms with Gasteiger partial charge in [-0.1, -0.05) is 103 Å². The lowest BCUT2D eigenvalue weighted by Crippen LogP contribution is -2.09. The van der Waals surface area contributed by atoms with Crippen molar-refractivity contribution in [3.63, 3.8) is 0 Å². The Morgan fingerprint density at radius 3 is 1.86 bits per heavy atom. The van der Waals surface area contributed by atoms with Crippen LogP contribution in [0, 0.1) is 0 Å². The first-order valence-electron chi connectivity index (χ1n) is 14.4. The first kappa shape index (κ1) is 23.1. The summed E-state index contributed by atoms with van der Waals surface area (Å²) in [6.07, 6.45) is 0. The summed E-state index contributed by atoms with van der Waals surface area (Å²) in [7, 11) is 0. The van der Waals surface area contributed by atoms with Crippen molar-refractivity contribution in [1.82, 2.24) is 0 Å². The highest BCUT2D eigenvalue weighted by Gasteiger charge is 2.16. The minimum atomic E-state index is 0.889. The Morgan fingerprint density at radius 1 is 0.333 bits per heavy atom. The Balaban J connectivity index is 1.25. The van der Waals surface area contributed by atoms with E-state index in [1.165, 1.54) is 43.1 Å². The molecule has 196 valence electrons. The summed E-state index contributed by atoms with van der Waals surface area (Å²) in [6.45, 7) is 0. The highest BCUT2D eigenvalue weighted by atomic mass is 16.3. The second kappa shape index (κ2) is 8.95. The number of nitrogens with zero attached hydrogens (tertiary/aromatic N) is 1. The lowest BCUT2D eigenvalue weighted by Gasteiger charge is -2.26. The Hall–Kier alpha value is -5.60. The van der Waals surface area contributed by atoms with Crippen LogP contribution in [0.25, 0.3) is 65.0 Å². The van der Waals surface area contributed by atoms with Crippen molar-refractivity contribution >= 4 is 82.1 Å². The van der Waals surface area contributed by atoms with E-state index >= 15 is 0 Å². The number of anilines is 3. The number of para-hydroxylation sites is 2. The lowest BCUT2D eigenvalue weighted by molar-refractivity contribution is 0.669. The molecule has 0 atom stereocenters. The molecule has 9 aromatic rings. The van der Waals surface area contributed by atoms with E-state index in [4.69, 9.17) is 4.42 Å². The van der Waals surface area contributed by atoms with Crippen LogP contribution in [0.1, 0.15) is 0 Å². The molecule has 1 aromatic heterocycles. The molecule has 2 heteroatoms. The maximum atomic E-state index is 6.27. The van der Waals surface area contributed by atoms with Crippen molar-refractivity contribution in [3.05, 3.63) is 152 Å². The van der Waals surface area contributed by atoms with E-state index in [9.17, 15) is 0 Å². The second-order valence-electron chi connectivity index (χ2n) is 11.0. The minimum Gasteiger partial charge on any atom is -0.456 e. The summed E-state index contributed by atoms with van der Waals surface area (Å²) < 4.78 is 6.27. The SMILES string of the molecule is c1ccc(N(c2ccc3c(ccc4c3ccc3ccc5ccccc5c34)c2)c2ccc3c(c2)oc2ccccc23)cc1. The molecular weight excluding hydrogens is 510 g/mol. The molecule has 42 heavy (non-hydrogen) atoms. The van der Waals surface area contributed by atoms with Crippen molar-refractivity contribution in [2.24, 2.45) is 0 Å². The van der Waals surface area contributed by atoms with Crippen LogP contribution in [0.15, 0.2) is 156 Å². The fourth-order valence-corrected chi connectivity index (χ4v) is 6.66. The van der Waals surface area contributed by atoms with Crippen molar-refractivity contribution < 1.29 is 4.42 Å². The quantitative estimate of drug-likeness (QED) is 0.209. The molecule has 0 N–H and O–H groups in total. The maximum Gasteiger partial charge on any atom is 0.137 e. The van der Waals surface area contributed by atoms with E-state index in [0.29, 0.717) is 0 Å². The van der Waals surface area contributed by atoms with Gasteiger partial charge >= 0.3 is 0 Å². The predicted octanol–water partition coefficient (Wildman–Crippen LogP) is 11.7. The molecule has 0 radical (unpaired) electrons. The zero-order valence-corrected chi connectivity index (χ0v) is 22.8. The van der Waals surface area contributed by atoms with Gasteiger partial charge in [-0.05, 0) is 85.6 Å². The number of rotatable bonds is 3. The van der Waals surface area contributed by atoms with Gasteiger partial charge in [0.25, 0.3) is 0 Å². The molecule has 9 rings (SSSR count). The first-order valence-corrected chi connectivity index (χ1v) is 14.4. The molecule has 0 saturated carbocycles. The van der Waals surface area contributed by atoms with Crippen molar-refractivity contribution in [2.75, 3.05) is 4.90 Å². The Bertz CT molecular complexity index is 2470. The molecule has 0 bridgehead atoms. The highest BCUT2D eigenvalue weighted by molar-refractivity contribution is 6.24. The average Bonchev–Trinajstić information content (AvgIpc) is 3.43. The zero-order valence-electron chi connectivity index (χ0n) is 22.8. The summed E-state index contributed by atoms with van der Waals surface area (Å²) in [5.41, 5.74) is 5.07. The Labute approximate surface area is 242 Å². The van der Waals surface area contributed by atoms with E-state index in [0.717, 1.165) is 39.0 Å². The largest absolute Gasteiger partial charge is 0.456 e. The molecule has 0 aliphatic carbocycles. The van der Waals surface area contributed by atoms with Crippen LogP contribution in [0.2, 0.25) is 0 Å². The van der Waals surface area contributed by atoms with Gasteiger partial charge in [0.05, 0.1) is 0 Å². The zero-order chi connectivity index (χ0) is 27.6. The third-order valence-electron chi connectivity index (χ3n) is 8.60. The number of hydrogen-bond donors (Lipinski definition) is 0. The molecule has 8 aromatic carbocycles. The molecule has 1 heterocycles. The second-order valence-corrected chi connectivity index (χ2v) is 11.0. The van der Waals surface area contributed by atoms with E-state index < -0.39 is 0 Å². The fourth-order valence-electron chi connectivity index (χ4n) is 6.66. The molecule has 0 unspecified atom stereocenters. The van der Waals surface area contributed by atoms with E-state index in [1.54, 1.807) is 0 Å². The molecule has 0 aliphatic heterocycles. The monoisotopic (exact) mass is 535 g/mol. The van der Waals surface area contributed by atoms with Gasteiger partial charge in [-0.25, -0.2) is 0 Å². The summed E-state index contributed by atoms with van der Waals surface area (Å²) in [4.78, 5) is 2.31. The highest BCUT2D eigenvalue weighted by Crippen LogP contribution is 2.41. The molecule has 0 aliphatic rings. The summed E-state index contributed by atoms with van der Waals surface area (Å²) in [5.74, 6) is 0. The third-order valence-corrected chi connectivity index (χ3v) is 8.60. The van der Waals surface area contributed by atoms with E-state index in [2.05, 4.69) is 144 Å². The van der Waals surface area contributed by atoms with Gasteiger partial charge in [-0.2, -0.15) is 0 Å². The summed E-state index contributed by atoms with van der Waals surface area (Å²) >= 11 is 0. The minimum absolute atomic E-state index is 0.889. The Kier molecular flexibility index (Phi) is 4.93. The average molecular weight is 536 g/mol. The van der Waals surface area contributed by atoms with Crippen molar-refractivity contribution in [2.45, 2.75) is 0 Å². The first-order chi connectivity index (χ1) is 20.8. The number of fused-ring (bicyclic) bond motifs is 10. The van der Waals surface area contributed by atoms with Crippen molar-refractivity contribution in [3.8, 4) is 0 Å². The van der Waals surface area contributed by atoms with Crippen molar-refractivity contribution in [1.29, 1.82) is 0 Å². The van der Waals surface area contributed by atoms with Gasteiger partial charge < -0.3 is 9.32 Å². The van der Waals surface area contributed by atoms with Crippen LogP contribution in [-0.4, -0.2) is 0 Å². The number of benzene rings is 8. The molecular formula is C40H25NO. The maximum absolute atomic E-state index is 6.27.